The van der Waals surface area contributed by atoms with E-state index < -0.39 is 24.0 Å². The highest BCUT2D eigenvalue weighted by Crippen LogP contribution is 1.98. The standard InChI is InChI=1S/C11H21N3O5/c12-6-2-1-3-7-13-11(19)14-8(10(17)18)4-5-9(15)16/h8H,1-7,12H2,(H,15,16)(H,17,18)(H2,13,14,19)/t8-/m0/s1. The second kappa shape index (κ2) is 10.1. The Hall–Kier alpha value is -1.83. The number of nitrogens with one attached hydrogen (secondary N) is 2. The fourth-order valence-corrected chi connectivity index (χ4v) is 1.38. The first-order valence-corrected chi connectivity index (χ1v) is 6.16. The molecule has 0 aliphatic rings. The number of carboxylic acid groups (broad SMARTS) is 2. The molecule has 8 nitrogen and oxygen atoms in total. The molecule has 0 bridgehead atoms. The monoisotopic (exact) mass is 275 g/mol. The smallest absolute Gasteiger partial charge is 0.326 e. The number of urea groups is 1. The van der Waals surface area contributed by atoms with E-state index in [9.17, 15) is 14.4 Å². The number of carbonyl (C=O) groups excluding carboxylic acids is 1. The van der Waals surface area contributed by atoms with Gasteiger partial charge in [0.2, 0.25) is 0 Å². The summed E-state index contributed by atoms with van der Waals surface area (Å²) in [6.07, 6.45) is 2.06. The predicted octanol–water partition coefficient (Wildman–Crippen LogP) is -0.267. The van der Waals surface area contributed by atoms with Crippen LogP contribution in [0.1, 0.15) is 32.1 Å². The summed E-state index contributed by atoms with van der Waals surface area (Å²) >= 11 is 0. The molecular weight excluding hydrogens is 254 g/mol. The zero-order valence-corrected chi connectivity index (χ0v) is 10.7. The van der Waals surface area contributed by atoms with Crippen molar-refractivity contribution in [1.29, 1.82) is 0 Å². The molecule has 0 saturated carbocycles. The summed E-state index contributed by atoms with van der Waals surface area (Å²) < 4.78 is 0. The average Bonchev–Trinajstić information content (AvgIpc) is 2.33. The number of aliphatic carboxylic acids is 2. The lowest BCUT2D eigenvalue weighted by Gasteiger charge is -2.14. The molecule has 19 heavy (non-hydrogen) atoms. The van der Waals surface area contributed by atoms with E-state index in [1.807, 2.05) is 0 Å². The molecule has 1 atom stereocenters. The van der Waals surface area contributed by atoms with Crippen LogP contribution in [0.4, 0.5) is 4.79 Å². The lowest BCUT2D eigenvalue weighted by Crippen LogP contribution is -2.46. The molecule has 6 N–H and O–H groups in total. The van der Waals surface area contributed by atoms with Gasteiger partial charge in [-0.3, -0.25) is 4.79 Å². The molecule has 0 aromatic heterocycles. The molecule has 0 spiro atoms. The van der Waals surface area contributed by atoms with Crippen LogP contribution in [-0.4, -0.2) is 47.3 Å². The van der Waals surface area contributed by atoms with Gasteiger partial charge in [-0.15, -0.1) is 0 Å². The molecule has 0 rings (SSSR count). The van der Waals surface area contributed by atoms with Crippen LogP contribution in [0.15, 0.2) is 0 Å². The van der Waals surface area contributed by atoms with Crippen LogP contribution in [0.5, 0.6) is 0 Å². The van der Waals surface area contributed by atoms with Crippen molar-refractivity contribution in [3.05, 3.63) is 0 Å². The summed E-state index contributed by atoms with van der Waals surface area (Å²) in [5.41, 5.74) is 5.31. The quantitative estimate of drug-likeness (QED) is 0.347. The van der Waals surface area contributed by atoms with Crippen molar-refractivity contribution >= 4 is 18.0 Å². The van der Waals surface area contributed by atoms with Crippen molar-refractivity contribution in [3.63, 3.8) is 0 Å². The van der Waals surface area contributed by atoms with Crippen molar-refractivity contribution in [2.24, 2.45) is 5.73 Å². The molecule has 0 aromatic carbocycles. The largest absolute Gasteiger partial charge is 0.481 e. The van der Waals surface area contributed by atoms with Crippen LogP contribution in [0.2, 0.25) is 0 Å². The van der Waals surface area contributed by atoms with Gasteiger partial charge in [0.15, 0.2) is 0 Å². The Morgan fingerprint density at radius 3 is 2.32 bits per heavy atom. The number of carbonyl (C=O) groups is 3. The highest BCUT2D eigenvalue weighted by atomic mass is 16.4. The van der Waals surface area contributed by atoms with E-state index in [-0.39, 0.29) is 12.8 Å². The van der Waals surface area contributed by atoms with Gasteiger partial charge in [0.05, 0.1) is 0 Å². The van der Waals surface area contributed by atoms with Gasteiger partial charge in [0.25, 0.3) is 0 Å². The van der Waals surface area contributed by atoms with Gasteiger partial charge in [-0.2, -0.15) is 0 Å². The molecule has 0 radical (unpaired) electrons. The maximum absolute atomic E-state index is 11.4. The van der Waals surface area contributed by atoms with Crippen LogP contribution in [0, 0.1) is 0 Å². The first kappa shape index (κ1) is 17.2. The van der Waals surface area contributed by atoms with Crippen molar-refractivity contribution in [1.82, 2.24) is 10.6 Å². The van der Waals surface area contributed by atoms with E-state index in [0.717, 1.165) is 19.3 Å². The van der Waals surface area contributed by atoms with E-state index in [1.54, 1.807) is 0 Å². The Kier molecular flexibility index (Phi) is 9.15. The van der Waals surface area contributed by atoms with Gasteiger partial charge in [0, 0.05) is 13.0 Å². The van der Waals surface area contributed by atoms with Crippen molar-refractivity contribution in [3.8, 4) is 0 Å². The van der Waals surface area contributed by atoms with Gasteiger partial charge in [-0.25, -0.2) is 9.59 Å². The third kappa shape index (κ3) is 9.83. The third-order valence-electron chi connectivity index (χ3n) is 2.42. The topological polar surface area (TPSA) is 142 Å². The van der Waals surface area contributed by atoms with E-state index in [2.05, 4.69) is 10.6 Å². The average molecular weight is 275 g/mol. The normalized spacial score (nSPS) is 11.6. The molecule has 0 aromatic rings. The molecule has 0 aliphatic carbocycles. The van der Waals surface area contributed by atoms with Crippen molar-refractivity contribution in [2.75, 3.05) is 13.1 Å². The minimum absolute atomic E-state index is 0.148. The van der Waals surface area contributed by atoms with Crippen LogP contribution in [-0.2, 0) is 9.59 Å². The molecule has 0 heterocycles. The second-order valence-electron chi connectivity index (χ2n) is 4.07. The summed E-state index contributed by atoms with van der Waals surface area (Å²) in [7, 11) is 0. The lowest BCUT2D eigenvalue weighted by molar-refractivity contribution is -0.140. The van der Waals surface area contributed by atoms with E-state index in [4.69, 9.17) is 15.9 Å². The minimum atomic E-state index is -1.25. The van der Waals surface area contributed by atoms with Crippen molar-refractivity contribution < 1.29 is 24.6 Å². The Labute approximate surface area is 111 Å². The van der Waals surface area contributed by atoms with E-state index in [0.29, 0.717) is 13.1 Å². The SMILES string of the molecule is NCCCCCNC(=O)N[C@@H](CCC(=O)O)C(=O)O. The van der Waals surface area contributed by atoms with Crippen LogP contribution >= 0.6 is 0 Å². The van der Waals surface area contributed by atoms with Crippen LogP contribution in [0.25, 0.3) is 0 Å². The van der Waals surface area contributed by atoms with Gasteiger partial charge < -0.3 is 26.6 Å². The molecule has 2 amide bonds. The van der Waals surface area contributed by atoms with E-state index >= 15 is 0 Å². The summed E-state index contributed by atoms with van der Waals surface area (Å²) in [6, 6.07) is -1.80. The third-order valence-corrected chi connectivity index (χ3v) is 2.42. The minimum Gasteiger partial charge on any atom is -0.481 e. The molecule has 0 unspecified atom stereocenters. The Balaban J connectivity index is 3.90. The Bertz CT molecular complexity index is 309. The number of unbranched alkanes of at least 4 members (excludes halogenated alkanes) is 2. The number of hydrogen-bond donors (Lipinski definition) is 5. The fraction of sp³-hybridized carbons (Fsp3) is 0.727. The molecule has 0 aliphatic heterocycles. The first-order valence-electron chi connectivity index (χ1n) is 6.16. The van der Waals surface area contributed by atoms with Crippen molar-refractivity contribution in [2.45, 2.75) is 38.1 Å². The molecule has 110 valence electrons. The zero-order valence-electron chi connectivity index (χ0n) is 10.7. The summed E-state index contributed by atoms with van der Waals surface area (Å²) in [5.74, 6) is -2.35. The molecule has 0 fully saturated rings. The summed E-state index contributed by atoms with van der Waals surface area (Å²) in [6.45, 7) is 1.03. The molecular formula is C11H21N3O5. The Morgan fingerprint density at radius 2 is 1.79 bits per heavy atom. The summed E-state index contributed by atoms with van der Waals surface area (Å²) in [5, 5.41) is 22.0. The number of amides is 2. The Morgan fingerprint density at radius 1 is 1.11 bits per heavy atom. The number of carboxylic acids is 2. The predicted molar refractivity (Wildman–Crippen MR) is 67.7 cm³/mol. The highest BCUT2D eigenvalue weighted by molar-refractivity contribution is 5.82. The summed E-state index contributed by atoms with van der Waals surface area (Å²) in [4.78, 5) is 32.5. The first-order chi connectivity index (χ1) is 8.97. The van der Waals surface area contributed by atoms with Crippen LogP contribution in [0.3, 0.4) is 0 Å². The number of nitrogens with two attached hydrogens (primary N) is 1. The highest BCUT2D eigenvalue weighted by Gasteiger charge is 2.20. The van der Waals surface area contributed by atoms with Gasteiger partial charge >= 0.3 is 18.0 Å². The number of hydrogen-bond acceptors (Lipinski definition) is 4. The fourth-order valence-electron chi connectivity index (χ4n) is 1.38. The van der Waals surface area contributed by atoms with E-state index in [1.165, 1.54) is 0 Å². The second-order valence-corrected chi connectivity index (χ2v) is 4.07. The van der Waals surface area contributed by atoms with Gasteiger partial charge in [-0.1, -0.05) is 6.42 Å². The maximum Gasteiger partial charge on any atom is 0.326 e. The zero-order chi connectivity index (χ0) is 14.7. The maximum atomic E-state index is 11.4. The lowest BCUT2D eigenvalue weighted by atomic mass is 10.1. The van der Waals surface area contributed by atoms with Crippen LogP contribution < -0.4 is 16.4 Å². The number of rotatable bonds is 10. The molecule has 8 heteroatoms. The van der Waals surface area contributed by atoms with Gasteiger partial charge in [0.1, 0.15) is 6.04 Å². The molecule has 0 saturated heterocycles. The van der Waals surface area contributed by atoms with Gasteiger partial charge in [-0.05, 0) is 25.8 Å².